The number of likely N-dealkylation sites (tertiary alicyclic amines) is 1. The van der Waals surface area contributed by atoms with Gasteiger partial charge in [-0.15, -0.1) is 0 Å². The zero-order valence-corrected chi connectivity index (χ0v) is 9.47. The van der Waals surface area contributed by atoms with Crippen molar-refractivity contribution in [3.63, 3.8) is 0 Å². The first-order valence-corrected chi connectivity index (χ1v) is 6.31. The summed E-state index contributed by atoms with van der Waals surface area (Å²) in [5.41, 5.74) is 0. The standard InChI is InChI=1S/C6H14N2O2S.C2H6/c1-8-4-2-3-6(5-8)11(7,9)10;1-2/h6H,2-5H2,1H3,(H2,7,9,10);1-2H3. The molecule has 0 spiro atoms. The van der Waals surface area contributed by atoms with Crippen LogP contribution in [0.25, 0.3) is 0 Å². The van der Waals surface area contributed by atoms with Gasteiger partial charge in [0.2, 0.25) is 10.0 Å². The molecule has 1 rings (SSSR count). The van der Waals surface area contributed by atoms with Crippen LogP contribution in [0.3, 0.4) is 0 Å². The highest BCUT2D eigenvalue weighted by Gasteiger charge is 2.25. The van der Waals surface area contributed by atoms with E-state index in [0.717, 1.165) is 13.0 Å². The molecule has 0 amide bonds. The van der Waals surface area contributed by atoms with Crippen LogP contribution in [-0.4, -0.2) is 38.7 Å². The van der Waals surface area contributed by atoms with Crippen LogP contribution in [-0.2, 0) is 10.0 Å². The van der Waals surface area contributed by atoms with E-state index in [1.165, 1.54) is 0 Å². The van der Waals surface area contributed by atoms with Gasteiger partial charge >= 0.3 is 0 Å². The average Bonchev–Trinajstić information content (AvgIpc) is 2.06. The van der Waals surface area contributed by atoms with Crippen molar-refractivity contribution in [3.8, 4) is 0 Å². The number of piperidine rings is 1. The monoisotopic (exact) mass is 208 g/mol. The molecule has 4 nitrogen and oxygen atoms in total. The van der Waals surface area contributed by atoms with Crippen LogP contribution in [0.4, 0.5) is 0 Å². The zero-order chi connectivity index (χ0) is 10.5. The molecule has 1 aliphatic rings. The summed E-state index contributed by atoms with van der Waals surface area (Å²) in [5.74, 6) is 0. The van der Waals surface area contributed by atoms with Gasteiger partial charge in [-0.1, -0.05) is 13.8 Å². The lowest BCUT2D eigenvalue weighted by Gasteiger charge is -2.27. The Labute approximate surface area is 81.2 Å². The first kappa shape index (κ1) is 12.9. The molecule has 0 aliphatic carbocycles. The largest absolute Gasteiger partial charge is 0.305 e. The van der Waals surface area contributed by atoms with Crippen molar-refractivity contribution in [1.82, 2.24) is 4.90 Å². The van der Waals surface area contributed by atoms with Crippen LogP contribution in [0, 0.1) is 0 Å². The number of sulfonamides is 1. The zero-order valence-electron chi connectivity index (χ0n) is 8.66. The maximum Gasteiger partial charge on any atom is 0.213 e. The Kier molecular flexibility index (Phi) is 5.51. The van der Waals surface area contributed by atoms with Gasteiger partial charge in [-0.3, -0.25) is 0 Å². The van der Waals surface area contributed by atoms with Gasteiger partial charge in [0.15, 0.2) is 0 Å². The maximum atomic E-state index is 10.9. The molecule has 1 heterocycles. The van der Waals surface area contributed by atoms with Crippen LogP contribution in [0.2, 0.25) is 0 Å². The number of nitrogens with two attached hydrogens (primary N) is 1. The minimum absolute atomic E-state index is 0.346. The van der Waals surface area contributed by atoms with E-state index in [9.17, 15) is 8.42 Å². The van der Waals surface area contributed by atoms with Crippen molar-refractivity contribution in [2.75, 3.05) is 20.1 Å². The summed E-state index contributed by atoms with van der Waals surface area (Å²) in [5, 5.41) is 4.67. The third-order valence-electron chi connectivity index (χ3n) is 2.05. The molecule has 1 saturated heterocycles. The Morgan fingerprint density at radius 1 is 1.38 bits per heavy atom. The molecule has 1 fully saturated rings. The van der Waals surface area contributed by atoms with E-state index in [4.69, 9.17) is 5.14 Å². The van der Waals surface area contributed by atoms with Crippen molar-refractivity contribution in [3.05, 3.63) is 0 Å². The quantitative estimate of drug-likeness (QED) is 0.678. The number of primary sulfonamides is 1. The minimum atomic E-state index is -3.30. The number of rotatable bonds is 1. The van der Waals surface area contributed by atoms with Gasteiger partial charge in [-0.2, -0.15) is 0 Å². The Hall–Kier alpha value is -0.130. The van der Waals surface area contributed by atoms with Gasteiger partial charge in [-0.05, 0) is 26.4 Å². The first-order chi connectivity index (χ1) is 6.00. The molecule has 0 aromatic heterocycles. The Balaban J connectivity index is 0.000000671. The highest BCUT2D eigenvalue weighted by atomic mass is 32.2. The molecular formula is C8H20N2O2S. The fourth-order valence-electron chi connectivity index (χ4n) is 1.39. The maximum absolute atomic E-state index is 10.9. The Morgan fingerprint density at radius 3 is 2.23 bits per heavy atom. The molecule has 0 radical (unpaired) electrons. The summed E-state index contributed by atoms with van der Waals surface area (Å²) < 4.78 is 21.8. The molecule has 2 N–H and O–H groups in total. The van der Waals surface area contributed by atoms with E-state index in [2.05, 4.69) is 0 Å². The van der Waals surface area contributed by atoms with Crippen LogP contribution in [0.15, 0.2) is 0 Å². The van der Waals surface area contributed by atoms with Gasteiger partial charge in [-0.25, -0.2) is 13.6 Å². The second-order valence-corrected chi connectivity index (χ2v) is 4.96. The average molecular weight is 208 g/mol. The number of hydrogen-bond acceptors (Lipinski definition) is 3. The van der Waals surface area contributed by atoms with Crippen molar-refractivity contribution in [2.45, 2.75) is 31.9 Å². The fraction of sp³-hybridized carbons (Fsp3) is 1.00. The van der Waals surface area contributed by atoms with E-state index < -0.39 is 10.0 Å². The molecule has 0 aromatic carbocycles. The lowest BCUT2D eigenvalue weighted by molar-refractivity contribution is 0.278. The third kappa shape index (κ3) is 4.59. The Morgan fingerprint density at radius 2 is 1.92 bits per heavy atom. The SMILES string of the molecule is CC.CN1CCCC(S(N)(=O)=O)C1. The van der Waals surface area contributed by atoms with Gasteiger partial charge in [0, 0.05) is 6.54 Å². The van der Waals surface area contributed by atoms with Crippen molar-refractivity contribution >= 4 is 10.0 Å². The fourth-order valence-corrected chi connectivity index (χ4v) is 2.34. The van der Waals surface area contributed by atoms with E-state index in [1.807, 2.05) is 25.8 Å². The summed E-state index contributed by atoms with van der Waals surface area (Å²) >= 11 is 0. The van der Waals surface area contributed by atoms with Gasteiger partial charge in [0.1, 0.15) is 0 Å². The third-order valence-corrected chi connectivity index (χ3v) is 3.36. The molecule has 5 heteroatoms. The molecular weight excluding hydrogens is 188 g/mol. The molecule has 1 unspecified atom stereocenters. The van der Waals surface area contributed by atoms with E-state index in [-0.39, 0.29) is 5.25 Å². The van der Waals surface area contributed by atoms with Crippen LogP contribution in [0.1, 0.15) is 26.7 Å². The molecule has 13 heavy (non-hydrogen) atoms. The molecule has 1 atom stereocenters. The first-order valence-electron chi connectivity index (χ1n) is 4.70. The van der Waals surface area contributed by atoms with Crippen molar-refractivity contribution < 1.29 is 8.42 Å². The van der Waals surface area contributed by atoms with Crippen molar-refractivity contribution in [2.24, 2.45) is 5.14 Å². The van der Waals surface area contributed by atoms with Gasteiger partial charge in [0.05, 0.1) is 5.25 Å². The highest BCUT2D eigenvalue weighted by molar-refractivity contribution is 7.89. The van der Waals surface area contributed by atoms with Crippen LogP contribution >= 0.6 is 0 Å². The summed E-state index contributed by atoms with van der Waals surface area (Å²) in [4.78, 5) is 2.00. The van der Waals surface area contributed by atoms with Gasteiger partial charge in [0.25, 0.3) is 0 Å². The van der Waals surface area contributed by atoms with E-state index >= 15 is 0 Å². The summed E-state index contributed by atoms with van der Waals surface area (Å²) in [6, 6.07) is 0. The van der Waals surface area contributed by atoms with Gasteiger partial charge < -0.3 is 4.90 Å². The second-order valence-electron chi connectivity index (χ2n) is 3.12. The molecule has 1 aliphatic heterocycles. The molecule has 0 saturated carbocycles. The van der Waals surface area contributed by atoms with Crippen LogP contribution < -0.4 is 5.14 Å². The number of hydrogen-bond donors (Lipinski definition) is 1. The highest BCUT2D eigenvalue weighted by Crippen LogP contribution is 2.12. The lowest BCUT2D eigenvalue weighted by atomic mass is 10.1. The summed E-state index contributed by atoms with van der Waals surface area (Å²) in [6.45, 7) is 5.56. The van der Waals surface area contributed by atoms with E-state index in [1.54, 1.807) is 0 Å². The van der Waals surface area contributed by atoms with Crippen molar-refractivity contribution in [1.29, 1.82) is 0 Å². The number of nitrogens with zero attached hydrogens (tertiary/aromatic N) is 1. The topological polar surface area (TPSA) is 63.4 Å². The Bertz CT molecular complexity index is 226. The molecule has 0 aromatic rings. The lowest BCUT2D eigenvalue weighted by Crippen LogP contribution is -2.42. The summed E-state index contributed by atoms with van der Waals surface area (Å²) in [7, 11) is -1.39. The predicted octanol–water partition coefficient (Wildman–Crippen LogP) is 0.395. The minimum Gasteiger partial charge on any atom is -0.305 e. The summed E-state index contributed by atoms with van der Waals surface area (Å²) in [6.07, 6.45) is 1.64. The van der Waals surface area contributed by atoms with Crippen LogP contribution in [0.5, 0.6) is 0 Å². The molecule has 0 bridgehead atoms. The smallest absolute Gasteiger partial charge is 0.213 e. The van der Waals surface area contributed by atoms with E-state index in [0.29, 0.717) is 13.0 Å². The second kappa shape index (κ2) is 5.57. The molecule has 80 valence electrons. The predicted molar refractivity (Wildman–Crippen MR) is 55.0 cm³/mol. The normalized spacial score (nSPS) is 24.8.